The number of amides is 2. The van der Waals surface area contributed by atoms with E-state index in [0.717, 1.165) is 57.9 Å². The van der Waals surface area contributed by atoms with Crippen LogP contribution in [0, 0.1) is 28.5 Å². The second kappa shape index (κ2) is 12.9. The number of halogens is 2. The monoisotopic (exact) mass is 586 g/mol. The van der Waals surface area contributed by atoms with Gasteiger partial charge in [0.2, 0.25) is 5.91 Å². The molecule has 5 aliphatic rings. The van der Waals surface area contributed by atoms with Gasteiger partial charge in [0, 0.05) is 23.6 Å². The number of nitrogens with zero attached hydrogens (tertiary/aromatic N) is 1. The van der Waals surface area contributed by atoms with Gasteiger partial charge >= 0.3 is 0 Å². The Labute approximate surface area is 248 Å². The number of carbonyl (C=O) groups is 2. The van der Waals surface area contributed by atoms with Gasteiger partial charge in [-0.25, -0.2) is 4.39 Å². The zero-order valence-corrected chi connectivity index (χ0v) is 24.8. The van der Waals surface area contributed by atoms with Gasteiger partial charge in [-0.05, 0) is 81.4 Å². The standard InChI is InChI=1S/C32H44ClFN4O3/c33-25-11-10-24(17-26(25)34)41-20-28(39)37-31-14-15-32(21-31,22-31)38-29(40)27-18-30(23(19-36-27)9-8-16-35)12-6-4-2-1-3-5-7-13-30/h10-11,17,23,27,36H,1-9,12-15,18-22H2,(H,37,39)(H,38,40). The zero-order chi connectivity index (χ0) is 28.9. The quantitative estimate of drug-likeness (QED) is 0.349. The van der Waals surface area contributed by atoms with Gasteiger partial charge in [-0.2, -0.15) is 5.26 Å². The van der Waals surface area contributed by atoms with E-state index in [1.807, 2.05) is 0 Å². The molecule has 5 fully saturated rings. The van der Waals surface area contributed by atoms with Gasteiger partial charge in [0.25, 0.3) is 5.91 Å². The third-order valence-corrected chi connectivity index (χ3v) is 10.7. The SMILES string of the molecule is N#CCCC1CNC(C(=O)NC23CCC(NC(=O)COc4ccc(Cl)c(F)c4)(C2)C3)CC12CCCCCCCCC2. The molecule has 4 aliphatic carbocycles. The first-order chi connectivity index (χ1) is 19.8. The molecule has 0 aromatic heterocycles. The van der Waals surface area contributed by atoms with Crippen LogP contribution >= 0.6 is 11.6 Å². The highest BCUT2D eigenvalue weighted by Gasteiger charge is 2.62. The third kappa shape index (κ3) is 7.00. The molecule has 2 atom stereocenters. The minimum Gasteiger partial charge on any atom is -0.484 e. The van der Waals surface area contributed by atoms with Crippen LogP contribution in [0.15, 0.2) is 18.2 Å². The van der Waals surface area contributed by atoms with Crippen molar-refractivity contribution in [3.05, 3.63) is 29.0 Å². The van der Waals surface area contributed by atoms with Crippen LogP contribution in [0.1, 0.15) is 103 Å². The molecule has 7 nitrogen and oxygen atoms in total. The topological polar surface area (TPSA) is 103 Å². The van der Waals surface area contributed by atoms with Crippen LogP contribution in [-0.2, 0) is 9.59 Å². The fourth-order valence-corrected chi connectivity index (χ4v) is 8.45. The van der Waals surface area contributed by atoms with Gasteiger partial charge in [0.1, 0.15) is 11.6 Å². The molecule has 41 heavy (non-hydrogen) atoms. The van der Waals surface area contributed by atoms with E-state index < -0.39 is 5.82 Å². The van der Waals surface area contributed by atoms with E-state index in [2.05, 4.69) is 22.0 Å². The van der Waals surface area contributed by atoms with Crippen LogP contribution in [0.2, 0.25) is 5.02 Å². The Hall–Kier alpha value is -2.37. The van der Waals surface area contributed by atoms with Crippen molar-refractivity contribution in [2.45, 2.75) is 120 Å². The molecule has 1 saturated heterocycles. The average Bonchev–Trinajstić information content (AvgIpc) is 3.47. The van der Waals surface area contributed by atoms with Gasteiger partial charge in [-0.3, -0.25) is 9.59 Å². The van der Waals surface area contributed by atoms with Crippen molar-refractivity contribution in [3.63, 3.8) is 0 Å². The lowest BCUT2D eigenvalue weighted by atomic mass is 9.61. The fourth-order valence-electron chi connectivity index (χ4n) is 8.33. The van der Waals surface area contributed by atoms with Crippen LogP contribution < -0.4 is 20.7 Å². The Morgan fingerprint density at radius 2 is 1.68 bits per heavy atom. The molecule has 9 heteroatoms. The van der Waals surface area contributed by atoms with Crippen molar-refractivity contribution >= 4 is 23.4 Å². The third-order valence-electron chi connectivity index (χ3n) is 10.3. The first-order valence-corrected chi connectivity index (χ1v) is 16.0. The highest BCUT2D eigenvalue weighted by atomic mass is 35.5. The van der Waals surface area contributed by atoms with Crippen molar-refractivity contribution in [1.29, 1.82) is 5.26 Å². The number of ether oxygens (including phenoxy) is 1. The molecule has 1 aromatic rings. The molecule has 224 valence electrons. The predicted octanol–water partition coefficient (Wildman–Crippen LogP) is 5.95. The molecular formula is C32H44ClFN4O3. The fraction of sp³-hybridized carbons (Fsp3) is 0.719. The second-order valence-electron chi connectivity index (χ2n) is 13.2. The first-order valence-electron chi connectivity index (χ1n) is 15.6. The normalized spacial score (nSPS) is 31.0. The molecule has 2 unspecified atom stereocenters. The van der Waals surface area contributed by atoms with Crippen LogP contribution in [0.25, 0.3) is 0 Å². The Morgan fingerprint density at radius 3 is 2.34 bits per heavy atom. The van der Waals surface area contributed by atoms with Crippen molar-refractivity contribution in [1.82, 2.24) is 16.0 Å². The number of carbonyl (C=O) groups excluding carboxylic acids is 2. The van der Waals surface area contributed by atoms with Crippen LogP contribution in [-0.4, -0.2) is 42.1 Å². The molecular weight excluding hydrogens is 543 g/mol. The molecule has 1 aromatic carbocycles. The van der Waals surface area contributed by atoms with E-state index in [9.17, 15) is 19.2 Å². The number of piperidine rings is 1. The van der Waals surface area contributed by atoms with E-state index in [1.165, 1.54) is 63.1 Å². The summed E-state index contributed by atoms with van der Waals surface area (Å²) in [5, 5.41) is 19.4. The summed E-state index contributed by atoms with van der Waals surface area (Å²) < 4.78 is 19.1. The largest absolute Gasteiger partial charge is 0.484 e. The summed E-state index contributed by atoms with van der Waals surface area (Å²) in [4.78, 5) is 26.3. The number of fused-ring (bicyclic) bond motifs is 1. The summed E-state index contributed by atoms with van der Waals surface area (Å²) in [7, 11) is 0. The van der Waals surface area contributed by atoms with Crippen molar-refractivity contribution in [2.75, 3.05) is 13.2 Å². The maximum atomic E-state index is 13.7. The van der Waals surface area contributed by atoms with Gasteiger partial charge in [-0.15, -0.1) is 0 Å². The van der Waals surface area contributed by atoms with E-state index in [1.54, 1.807) is 0 Å². The predicted molar refractivity (Wildman–Crippen MR) is 156 cm³/mol. The van der Waals surface area contributed by atoms with Crippen LogP contribution in [0.5, 0.6) is 5.75 Å². The summed E-state index contributed by atoms with van der Waals surface area (Å²) in [5.74, 6) is -0.0691. The van der Waals surface area contributed by atoms with Crippen molar-refractivity contribution in [2.24, 2.45) is 11.3 Å². The van der Waals surface area contributed by atoms with Gasteiger partial charge in [-0.1, -0.05) is 56.5 Å². The summed E-state index contributed by atoms with van der Waals surface area (Å²) in [5.41, 5.74) is -0.467. The number of benzene rings is 1. The number of rotatable bonds is 8. The molecule has 1 spiro atoms. The lowest BCUT2D eigenvalue weighted by Crippen LogP contribution is -2.67. The molecule has 0 radical (unpaired) electrons. The highest BCUT2D eigenvalue weighted by Crippen LogP contribution is 2.55. The first kappa shape index (κ1) is 30.1. The van der Waals surface area contributed by atoms with Crippen LogP contribution in [0.3, 0.4) is 0 Å². The van der Waals surface area contributed by atoms with E-state index >= 15 is 0 Å². The maximum absolute atomic E-state index is 13.7. The molecule has 2 bridgehead atoms. The molecule has 6 rings (SSSR count). The maximum Gasteiger partial charge on any atom is 0.258 e. The molecule has 1 heterocycles. The number of hydrogen-bond acceptors (Lipinski definition) is 5. The Morgan fingerprint density at radius 1 is 1.02 bits per heavy atom. The van der Waals surface area contributed by atoms with Crippen molar-refractivity contribution < 1.29 is 18.7 Å². The van der Waals surface area contributed by atoms with Gasteiger partial charge < -0.3 is 20.7 Å². The zero-order valence-electron chi connectivity index (χ0n) is 24.0. The van der Waals surface area contributed by atoms with Crippen molar-refractivity contribution in [3.8, 4) is 11.8 Å². The number of hydrogen-bond donors (Lipinski definition) is 3. The Bertz CT molecular complexity index is 1140. The number of nitrogens with one attached hydrogen (secondary N) is 3. The second-order valence-corrected chi connectivity index (χ2v) is 13.6. The smallest absolute Gasteiger partial charge is 0.258 e. The van der Waals surface area contributed by atoms with E-state index in [-0.39, 0.29) is 51.7 Å². The van der Waals surface area contributed by atoms with Crippen LogP contribution in [0.4, 0.5) is 4.39 Å². The summed E-state index contributed by atoms with van der Waals surface area (Å²) in [6, 6.07) is 6.24. The minimum atomic E-state index is -0.588. The molecule has 3 N–H and O–H groups in total. The van der Waals surface area contributed by atoms with E-state index in [0.29, 0.717) is 12.3 Å². The lowest BCUT2D eigenvalue weighted by Gasteiger charge is -2.51. The molecule has 4 saturated carbocycles. The molecule has 1 aliphatic heterocycles. The number of nitriles is 1. The van der Waals surface area contributed by atoms with Gasteiger partial charge in [0.15, 0.2) is 6.61 Å². The summed E-state index contributed by atoms with van der Waals surface area (Å²) in [6.45, 7) is 0.591. The minimum absolute atomic E-state index is 0.00691. The van der Waals surface area contributed by atoms with E-state index in [4.69, 9.17) is 16.3 Å². The summed E-state index contributed by atoms with van der Waals surface area (Å²) in [6.07, 6.45) is 16.6. The Kier molecular flexibility index (Phi) is 9.45. The van der Waals surface area contributed by atoms with Gasteiger partial charge in [0.05, 0.1) is 17.1 Å². The average molecular weight is 587 g/mol. The lowest BCUT2D eigenvalue weighted by molar-refractivity contribution is -0.130. The summed E-state index contributed by atoms with van der Waals surface area (Å²) >= 11 is 5.71. The molecule has 2 amide bonds. The highest BCUT2D eigenvalue weighted by molar-refractivity contribution is 6.30. The Balaban J connectivity index is 1.15.